The summed E-state index contributed by atoms with van der Waals surface area (Å²) in [5.41, 5.74) is 1.69. The Bertz CT molecular complexity index is 1010. The van der Waals surface area contributed by atoms with Crippen molar-refractivity contribution in [3.05, 3.63) is 75.0 Å². The maximum Gasteiger partial charge on any atom is 0.323 e. The molecule has 0 bridgehead atoms. The third-order valence-electron chi connectivity index (χ3n) is 4.01. The van der Waals surface area contributed by atoms with Crippen LogP contribution in [0.15, 0.2) is 53.5 Å². The van der Waals surface area contributed by atoms with Crippen molar-refractivity contribution in [1.29, 1.82) is 0 Å². The summed E-state index contributed by atoms with van der Waals surface area (Å²) in [6, 6.07) is 12.3. The Morgan fingerprint density at radius 2 is 1.96 bits per heavy atom. The van der Waals surface area contributed by atoms with Crippen LogP contribution in [0.4, 0.5) is 0 Å². The van der Waals surface area contributed by atoms with E-state index in [1.165, 1.54) is 7.11 Å². The number of pyridine rings is 1. The van der Waals surface area contributed by atoms with Crippen LogP contribution in [-0.2, 0) is 17.8 Å². The molecule has 5 nitrogen and oxygen atoms in total. The average molecular weight is 358 g/mol. The highest BCUT2D eigenvalue weighted by atomic mass is 35.5. The molecule has 6 heteroatoms. The van der Waals surface area contributed by atoms with Crippen molar-refractivity contribution in [2.75, 3.05) is 7.11 Å². The van der Waals surface area contributed by atoms with Crippen LogP contribution in [-0.4, -0.2) is 22.8 Å². The topological polar surface area (TPSA) is 68.5 Å². The second kappa shape index (κ2) is 6.99. The summed E-state index contributed by atoms with van der Waals surface area (Å²) in [6.07, 6.45) is 1.92. The fraction of sp³-hybridized carbons (Fsp3) is 0.158. The van der Waals surface area contributed by atoms with E-state index >= 15 is 0 Å². The van der Waals surface area contributed by atoms with Crippen molar-refractivity contribution < 1.29 is 14.6 Å². The molecule has 128 valence electrons. The first kappa shape index (κ1) is 17.0. The maximum absolute atomic E-state index is 12.9. The molecule has 3 aromatic rings. The number of carboxylic acid groups (broad SMARTS) is 1. The van der Waals surface area contributed by atoms with Crippen LogP contribution in [0.2, 0.25) is 5.02 Å². The Kier molecular flexibility index (Phi) is 4.76. The predicted octanol–water partition coefficient (Wildman–Crippen LogP) is 3.34. The lowest BCUT2D eigenvalue weighted by Crippen LogP contribution is -2.18. The highest BCUT2D eigenvalue weighted by Crippen LogP contribution is 2.22. The third kappa shape index (κ3) is 3.51. The normalized spacial score (nSPS) is 10.8. The summed E-state index contributed by atoms with van der Waals surface area (Å²) in [6.45, 7) is -0.237. The van der Waals surface area contributed by atoms with Gasteiger partial charge in [0.05, 0.1) is 12.6 Å². The van der Waals surface area contributed by atoms with Crippen LogP contribution in [0.25, 0.3) is 10.9 Å². The monoisotopic (exact) mass is 357 g/mol. The summed E-state index contributed by atoms with van der Waals surface area (Å²) in [5.74, 6) is -0.439. The maximum atomic E-state index is 12.9. The van der Waals surface area contributed by atoms with Crippen LogP contribution < -0.4 is 10.2 Å². The van der Waals surface area contributed by atoms with Gasteiger partial charge >= 0.3 is 5.97 Å². The highest BCUT2D eigenvalue weighted by Gasteiger charge is 2.13. The summed E-state index contributed by atoms with van der Waals surface area (Å²) in [5, 5.41) is 10.2. The van der Waals surface area contributed by atoms with E-state index < -0.39 is 5.97 Å². The minimum atomic E-state index is -0.982. The number of rotatable bonds is 5. The number of halogens is 1. The number of hydrogen-bond acceptors (Lipinski definition) is 3. The van der Waals surface area contributed by atoms with Crippen molar-refractivity contribution >= 4 is 28.5 Å². The molecule has 0 aliphatic heterocycles. The SMILES string of the molecule is COc1ccc2c(c1)c(=O)c(Cc1ccccc1Cl)cn2CC(=O)O. The van der Waals surface area contributed by atoms with E-state index in [9.17, 15) is 14.7 Å². The number of carboxylic acids is 1. The van der Waals surface area contributed by atoms with Gasteiger partial charge in [0.25, 0.3) is 0 Å². The van der Waals surface area contributed by atoms with E-state index in [4.69, 9.17) is 16.3 Å². The van der Waals surface area contributed by atoms with Gasteiger partial charge in [-0.15, -0.1) is 0 Å². The number of methoxy groups -OCH3 is 1. The highest BCUT2D eigenvalue weighted by molar-refractivity contribution is 6.31. The van der Waals surface area contributed by atoms with Crippen LogP contribution in [0, 0.1) is 0 Å². The van der Waals surface area contributed by atoms with Crippen LogP contribution in [0.1, 0.15) is 11.1 Å². The van der Waals surface area contributed by atoms with E-state index in [-0.39, 0.29) is 12.0 Å². The van der Waals surface area contributed by atoms with Gasteiger partial charge in [-0.2, -0.15) is 0 Å². The molecule has 0 saturated carbocycles. The molecule has 1 aromatic heterocycles. The lowest BCUT2D eigenvalue weighted by Gasteiger charge is -2.13. The summed E-state index contributed by atoms with van der Waals surface area (Å²) >= 11 is 6.19. The van der Waals surface area contributed by atoms with Gasteiger partial charge < -0.3 is 14.4 Å². The van der Waals surface area contributed by atoms with Crippen molar-refractivity contribution in [2.24, 2.45) is 0 Å². The van der Waals surface area contributed by atoms with Gasteiger partial charge in [-0.05, 0) is 29.8 Å². The van der Waals surface area contributed by atoms with Crippen molar-refractivity contribution in [1.82, 2.24) is 4.57 Å². The lowest BCUT2D eigenvalue weighted by molar-refractivity contribution is -0.137. The summed E-state index contributed by atoms with van der Waals surface area (Å²) < 4.78 is 6.75. The zero-order chi connectivity index (χ0) is 18.0. The van der Waals surface area contributed by atoms with Gasteiger partial charge in [-0.25, -0.2) is 0 Å². The van der Waals surface area contributed by atoms with E-state index in [2.05, 4.69) is 0 Å². The Morgan fingerprint density at radius 1 is 1.20 bits per heavy atom. The van der Waals surface area contributed by atoms with E-state index in [0.717, 1.165) is 5.56 Å². The zero-order valence-electron chi connectivity index (χ0n) is 13.5. The molecule has 0 unspecified atom stereocenters. The number of benzene rings is 2. The predicted molar refractivity (Wildman–Crippen MR) is 96.7 cm³/mol. The van der Waals surface area contributed by atoms with E-state index in [1.54, 1.807) is 35.0 Å². The molecular formula is C19H16ClNO4. The molecule has 0 fully saturated rings. The number of hydrogen-bond donors (Lipinski definition) is 1. The Labute approximate surface area is 149 Å². The zero-order valence-corrected chi connectivity index (χ0v) is 14.3. The van der Waals surface area contributed by atoms with Crippen molar-refractivity contribution in [2.45, 2.75) is 13.0 Å². The number of aromatic nitrogens is 1. The fourth-order valence-electron chi connectivity index (χ4n) is 2.81. The first-order valence-corrected chi connectivity index (χ1v) is 8.02. The Balaban J connectivity index is 2.20. The smallest absolute Gasteiger partial charge is 0.323 e. The molecule has 0 aliphatic rings. The average Bonchev–Trinajstić information content (AvgIpc) is 2.60. The molecule has 0 spiro atoms. The number of ether oxygens (including phenoxy) is 1. The second-order valence-corrected chi connectivity index (χ2v) is 6.06. The molecule has 1 N–H and O–H groups in total. The molecule has 0 amide bonds. The van der Waals surface area contributed by atoms with Crippen molar-refractivity contribution in [3.63, 3.8) is 0 Å². The van der Waals surface area contributed by atoms with E-state index in [0.29, 0.717) is 33.7 Å². The Hall–Kier alpha value is -2.79. The summed E-state index contributed by atoms with van der Waals surface area (Å²) in [7, 11) is 1.52. The number of fused-ring (bicyclic) bond motifs is 1. The van der Waals surface area contributed by atoms with Gasteiger partial charge in [-0.3, -0.25) is 9.59 Å². The van der Waals surface area contributed by atoms with Gasteiger partial charge in [0.1, 0.15) is 12.3 Å². The van der Waals surface area contributed by atoms with Crippen LogP contribution >= 0.6 is 11.6 Å². The number of aliphatic carboxylic acids is 1. The summed E-state index contributed by atoms with van der Waals surface area (Å²) in [4.78, 5) is 24.1. The van der Waals surface area contributed by atoms with Gasteiger partial charge in [0, 0.05) is 28.6 Å². The first-order chi connectivity index (χ1) is 12.0. The Morgan fingerprint density at radius 3 is 2.64 bits per heavy atom. The van der Waals surface area contributed by atoms with Crippen molar-refractivity contribution in [3.8, 4) is 5.75 Å². The van der Waals surface area contributed by atoms with E-state index in [1.807, 2.05) is 18.2 Å². The fourth-order valence-corrected chi connectivity index (χ4v) is 3.02. The number of carbonyl (C=O) groups is 1. The molecule has 0 aliphatic carbocycles. The van der Waals surface area contributed by atoms with Gasteiger partial charge in [0.15, 0.2) is 5.43 Å². The minimum Gasteiger partial charge on any atom is -0.497 e. The van der Waals surface area contributed by atoms with Crippen LogP contribution in [0.5, 0.6) is 5.75 Å². The lowest BCUT2D eigenvalue weighted by atomic mass is 10.0. The van der Waals surface area contributed by atoms with Crippen LogP contribution in [0.3, 0.4) is 0 Å². The molecular weight excluding hydrogens is 342 g/mol. The molecule has 0 radical (unpaired) electrons. The molecule has 1 heterocycles. The third-order valence-corrected chi connectivity index (χ3v) is 4.37. The molecule has 0 saturated heterocycles. The molecule has 2 aromatic carbocycles. The quantitative estimate of drug-likeness (QED) is 0.760. The second-order valence-electron chi connectivity index (χ2n) is 5.66. The first-order valence-electron chi connectivity index (χ1n) is 7.65. The van der Waals surface area contributed by atoms with Gasteiger partial charge in [0.2, 0.25) is 0 Å². The van der Waals surface area contributed by atoms with Gasteiger partial charge in [-0.1, -0.05) is 29.8 Å². The minimum absolute atomic E-state index is 0.157. The molecule has 25 heavy (non-hydrogen) atoms. The standard InChI is InChI=1S/C19H16ClNO4/c1-25-14-6-7-17-15(9-14)19(24)13(10-21(17)11-18(22)23)8-12-4-2-3-5-16(12)20/h2-7,9-10H,8,11H2,1H3,(H,22,23). The molecule has 3 rings (SSSR count). The number of nitrogens with zero attached hydrogens (tertiary/aromatic N) is 1. The largest absolute Gasteiger partial charge is 0.497 e. The molecule has 0 atom stereocenters.